The molecule has 0 saturated heterocycles. The number of amides is 3. The summed E-state index contributed by atoms with van der Waals surface area (Å²) in [4.78, 5) is 84.4. The number of Topliss-reactive ketones (excluding diaryl/α,β-unsaturated/α-hetero) is 3. The Balaban J connectivity index is 3.19. The van der Waals surface area contributed by atoms with Crippen molar-refractivity contribution in [1.29, 1.82) is 0 Å². The minimum atomic E-state index is -1.16. The first kappa shape index (κ1) is 47.9. The summed E-state index contributed by atoms with van der Waals surface area (Å²) in [5, 5.41) is 18.6. The van der Waals surface area contributed by atoms with Crippen LogP contribution in [0.15, 0.2) is 35.3 Å². The standard InChI is InChI=1S/C40H67N7O7/c1-6-13-33(49)32(22-28-14-8-7-9-15-28)46-39(54)30(25-48)24-35(51)37(27(4)5)47-38(53)29(16-12-21-44-40(42)43)23-34(50)31(17-10-11-20-41)45-36(52)19-18-26(2)3/h7-9,14-15,26-27,29-32,37,48H,6,10-13,16-25,41H2,1-5H3,(H,45,52)(H,46,54)(H,47,53)(H4,42,43,44)/t29-,30+,31+,32+,37+/m1/s1. The lowest BCUT2D eigenvalue weighted by Gasteiger charge is -2.27. The number of aliphatic hydroxyl groups excluding tert-OH is 1. The first-order valence-electron chi connectivity index (χ1n) is 19.5. The molecule has 3 amide bonds. The van der Waals surface area contributed by atoms with Crippen LogP contribution in [-0.4, -0.2) is 84.0 Å². The summed E-state index contributed by atoms with van der Waals surface area (Å²) in [6, 6.07) is 6.58. The van der Waals surface area contributed by atoms with E-state index in [2.05, 4.69) is 20.9 Å². The van der Waals surface area contributed by atoms with Crippen molar-refractivity contribution in [2.24, 2.45) is 45.9 Å². The Morgan fingerprint density at radius 1 is 0.741 bits per heavy atom. The van der Waals surface area contributed by atoms with Gasteiger partial charge in [0.2, 0.25) is 17.7 Å². The van der Waals surface area contributed by atoms with Crippen LogP contribution in [0.3, 0.4) is 0 Å². The predicted molar refractivity (Wildman–Crippen MR) is 211 cm³/mol. The number of benzene rings is 1. The SMILES string of the molecule is CCCC(=O)[C@H](Cc1ccccc1)NC(=O)[C@H](CO)CC(=O)[C@@H](NC(=O)[C@H](CCCN=C(N)N)CC(=O)[C@H](CCCCN)NC(=O)CCC(C)C)C(C)C. The molecule has 0 fully saturated rings. The van der Waals surface area contributed by atoms with Crippen molar-refractivity contribution in [3.8, 4) is 0 Å². The molecule has 0 aliphatic rings. The van der Waals surface area contributed by atoms with Crippen LogP contribution in [0.1, 0.15) is 111 Å². The van der Waals surface area contributed by atoms with Gasteiger partial charge in [0.25, 0.3) is 0 Å². The minimum Gasteiger partial charge on any atom is -0.396 e. The zero-order valence-corrected chi connectivity index (χ0v) is 33.1. The predicted octanol–water partition coefficient (Wildman–Crippen LogP) is 2.47. The number of nitrogens with one attached hydrogen (secondary N) is 3. The monoisotopic (exact) mass is 758 g/mol. The number of carbonyl (C=O) groups is 6. The molecule has 0 heterocycles. The maximum atomic E-state index is 13.9. The van der Waals surface area contributed by atoms with E-state index in [-0.39, 0.29) is 68.5 Å². The van der Waals surface area contributed by atoms with E-state index in [0.717, 1.165) is 5.56 Å². The van der Waals surface area contributed by atoms with Crippen LogP contribution < -0.4 is 33.2 Å². The number of rotatable bonds is 29. The van der Waals surface area contributed by atoms with Crippen molar-refractivity contribution in [2.75, 3.05) is 19.7 Å². The summed E-state index contributed by atoms with van der Waals surface area (Å²) in [5.41, 5.74) is 17.5. The zero-order valence-electron chi connectivity index (χ0n) is 33.1. The molecule has 14 nitrogen and oxygen atoms in total. The Morgan fingerprint density at radius 2 is 1.39 bits per heavy atom. The molecule has 0 unspecified atom stereocenters. The van der Waals surface area contributed by atoms with Gasteiger partial charge in [-0.05, 0) is 75.3 Å². The van der Waals surface area contributed by atoms with Gasteiger partial charge in [-0.25, -0.2) is 0 Å². The number of aliphatic imine (C=N–C) groups is 1. The number of hydrogen-bond acceptors (Lipinski definition) is 9. The van der Waals surface area contributed by atoms with Gasteiger partial charge in [-0.2, -0.15) is 0 Å². The van der Waals surface area contributed by atoms with Crippen LogP contribution in [0, 0.1) is 23.7 Å². The molecule has 14 heteroatoms. The molecule has 5 atom stereocenters. The van der Waals surface area contributed by atoms with E-state index in [9.17, 15) is 33.9 Å². The van der Waals surface area contributed by atoms with Gasteiger partial charge in [0.05, 0.1) is 30.7 Å². The summed E-state index contributed by atoms with van der Waals surface area (Å²) in [5.74, 6) is -4.57. The lowest BCUT2D eigenvalue weighted by atomic mass is 9.89. The molecule has 0 radical (unpaired) electrons. The summed E-state index contributed by atoms with van der Waals surface area (Å²) in [7, 11) is 0. The summed E-state index contributed by atoms with van der Waals surface area (Å²) >= 11 is 0. The largest absolute Gasteiger partial charge is 0.396 e. The van der Waals surface area contributed by atoms with E-state index in [1.807, 2.05) is 51.1 Å². The van der Waals surface area contributed by atoms with Gasteiger partial charge in [0, 0.05) is 38.1 Å². The molecule has 0 saturated carbocycles. The normalized spacial score (nSPS) is 14.0. The van der Waals surface area contributed by atoms with E-state index in [1.165, 1.54) is 0 Å². The number of nitrogens with zero attached hydrogens (tertiary/aromatic N) is 1. The van der Waals surface area contributed by atoms with Gasteiger partial charge in [-0.3, -0.25) is 33.8 Å². The quantitative estimate of drug-likeness (QED) is 0.0357. The van der Waals surface area contributed by atoms with Gasteiger partial charge >= 0.3 is 0 Å². The van der Waals surface area contributed by atoms with Crippen molar-refractivity contribution in [1.82, 2.24) is 16.0 Å². The minimum absolute atomic E-state index is 0.106. The van der Waals surface area contributed by atoms with Gasteiger partial charge in [-0.1, -0.05) is 65.0 Å². The van der Waals surface area contributed by atoms with Crippen molar-refractivity contribution in [3.63, 3.8) is 0 Å². The summed E-state index contributed by atoms with van der Waals surface area (Å²) in [6.45, 7) is 9.39. The molecule has 304 valence electrons. The fourth-order valence-electron chi connectivity index (χ4n) is 6.05. The van der Waals surface area contributed by atoms with Gasteiger partial charge in [-0.15, -0.1) is 0 Å². The number of carbonyl (C=O) groups excluding carboxylic acids is 6. The molecule has 54 heavy (non-hydrogen) atoms. The molecular weight excluding hydrogens is 690 g/mol. The van der Waals surface area contributed by atoms with E-state index < -0.39 is 60.1 Å². The molecule has 1 aromatic carbocycles. The Hall–Kier alpha value is -4.17. The molecule has 0 aliphatic carbocycles. The van der Waals surface area contributed by atoms with E-state index in [0.29, 0.717) is 51.0 Å². The third kappa shape index (κ3) is 19.2. The highest BCUT2D eigenvalue weighted by atomic mass is 16.3. The van der Waals surface area contributed by atoms with E-state index in [1.54, 1.807) is 13.8 Å². The van der Waals surface area contributed by atoms with Crippen LogP contribution in [0.5, 0.6) is 0 Å². The first-order valence-corrected chi connectivity index (χ1v) is 19.5. The van der Waals surface area contributed by atoms with Crippen LogP contribution in [0.4, 0.5) is 0 Å². The van der Waals surface area contributed by atoms with E-state index in [4.69, 9.17) is 17.2 Å². The second kappa shape index (κ2) is 26.6. The molecule has 1 rings (SSSR count). The number of ketones is 3. The molecule has 0 bridgehead atoms. The maximum Gasteiger partial charge on any atom is 0.226 e. The van der Waals surface area contributed by atoms with E-state index >= 15 is 0 Å². The Bertz CT molecular complexity index is 1350. The smallest absolute Gasteiger partial charge is 0.226 e. The number of guanidine groups is 1. The highest BCUT2D eigenvalue weighted by Crippen LogP contribution is 2.19. The molecular formula is C40H67N7O7. The Kier molecular flexibility index (Phi) is 23.6. The van der Waals surface area contributed by atoms with Crippen LogP contribution >= 0.6 is 0 Å². The number of unbranched alkanes of at least 4 members (excludes halogenated alkanes) is 1. The van der Waals surface area contributed by atoms with Gasteiger partial charge < -0.3 is 38.3 Å². The Morgan fingerprint density at radius 3 is 1.96 bits per heavy atom. The molecule has 1 aromatic rings. The third-order valence-corrected chi connectivity index (χ3v) is 9.28. The lowest BCUT2D eigenvalue weighted by Crippen LogP contribution is -2.50. The van der Waals surface area contributed by atoms with Crippen LogP contribution in [0.25, 0.3) is 0 Å². The first-order chi connectivity index (χ1) is 25.6. The maximum absolute atomic E-state index is 13.9. The highest BCUT2D eigenvalue weighted by molar-refractivity contribution is 5.96. The molecule has 10 N–H and O–H groups in total. The number of hydrogen-bond donors (Lipinski definition) is 7. The van der Waals surface area contributed by atoms with Crippen molar-refractivity contribution in [2.45, 2.75) is 130 Å². The van der Waals surface area contributed by atoms with Gasteiger partial charge in [0.15, 0.2) is 23.3 Å². The molecule has 0 spiro atoms. The van der Waals surface area contributed by atoms with Crippen LogP contribution in [-0.2, 0) is 35.2 Å². The fourth-order valence-corrected chi connectivity index (χ4v) is 6.05. The number of aliphatic hydroxyl groups is 1. The van der Waals surface area contributed by atoms with Crippen molar-refractivity contribution >= 4 is 41.0 Å². The number of nitrogens with two attached hydrogens (primary N) is 3. The zero-order chi connectivity index (χ0) is 40.6. The average Bonchev–Trinajstić information content (AvgIpc) is 3.12. The van der Waals surface area contributed by atoms with Gasteiger partial charge in [0.1, 0.15) is 0 Å². The topological polar surface area (TPSA) is 249 Å². The Labute approximate surface area is 321 Å². The second-order valence-corrected chi connectivity index (χ2v) is 14.9. The summed E-state index contributed by atoms with van der Waals surface area (Å²) in [6.07, 6.45) is 3.73. The average molecular weight is 758 g/mol. The lowest BCUT2D eigenvalue weighted by molar-refractivity contribution is -0.136. The fraction of sp³-hybridized carbons (Fsp3) is 0.675. The highest BCUT2D eigenvalue weighted by Gasteiger charge is 2.34. The third-order valence-electron chi connectivity index (χ3n) is 9.28. The molecule has 0 aromatic heterocycles. The summed E-state index contributed by atoms with van der Waals surface area (Å²) < 4.78 is 0. The van der Waals surface area contributed by atoms with Crippen LogP contribution in [0.2, 0.25) is 0 Å². The second-order valence-electron chi connectivity index (χ2n) is 14.9. The van der Waals surface area contributed by atoms with Crippen molar-refractivity contribution < 1.29 is 33.9 Å². The van der Waals surface area contributed by atoms with Crippen molar-refractivity contribution in [3.05, 3.63) is 35.9 Å². The molecule has 0 aliphatic heterocycles.